The van der Waals surface area contributed by atoms with Crippen LogP contribution in [0.1, 0.15) is 37.0 Å². The van der Waals surface area contributed by atoms with Crippen LogP contribution < -0.4 is 9.47 Å². The number of methoxy groups -OCH3 is 1. The molecule has 27 heavy (non-hydrogen) atoms. The van der Waals surface area contributed by atoms with Crippen LogP contribution in [0.15, 0.2) is 42.5 Å². The van der Waals surface area contributed by atoms with Crippen molar-refractivity contribution in [3.63, 3.8) is 0 Å². The van der Waals surface area contributed by atoms with E-state index in [0.717, 1.165) is 24.0 Å². The Morgan fingerprint density at radius 2 is 1.74 bits per heavy atom. The number of ether oxygens (including phenoxy) is 3. The molecule has 0 amide bonds. The molecule has 0 aliphatic carbocycles. The molecule has 0 spiro atoms. The molecule has 1 aliphatic rings. The first-order chi connectivity index (χ1) is 13.1. The van der Waals surface area contributed by atoms with Crippen LogP contribution in [0.4, 0.5) is 8.78 Å². The van der Waals surface area contributed by atoms with E-state index in [2.05, 4.69) is 30.3 Å². The summed E-state index contributed by atoms with van der Waals surface area (Å²) >= 11 is 0. The topological polar surface area (TPSA) is 27.7 Å². The zero-order valence-electron chi connectivity index (χ0n) is 15.6. The number of allylic oxidation sites excluding steroid dienone is 1. The molecule has 1 saturated heterocycles. The van der Waals surface area contributed by atoms with E-state index in [9.17, 15) is 8.78 Å². The zero-order valence-corrected chi connectivity index (χ0v) is 15.6. The van der Waals surface area contributed by atoms with Crippen molar-refractivity contribution in [1.82, 2.24) is 0 Å². The van der Waals surface area contributed by atoms with E-state index in [1.165, 1.54) is 19.2 Å². The minimum atomic E-state index is -1.03. The van der Waals surface area contributed by atoms with Gasteiger partial charge in [-0.15, -0.1) is 0 Å². The number of halogens is 2. The van der Waals surface area contributed by atoms with Crippen LogP contribution in [0, 0.1) is 17.6 Å². The molecule has 1 aliphatic heterocycles. The highest BCUT2D eigenvalue weighted by Crippen LogP contribution is 2.32. The van der Waals surface area contributed by atoms with E-state index in [-0.39, 0.29) is 30.1 Å². The smallest absolute Gasteiger partial charge is 0.204 e. The van der Waals surface area contributed by atoms with Gasteiger partial charge < -0.3 is 14.2 Å². The van der Waals surface area contributed by atoms with Gasteiger partial charge in [0, 0.05) is 5.92 Å². The molecule has 2 unspecified atom stereocenters. The number of rotatable bonds is 6. The molecule has 2 aromatic rings. The number of hydrogen-bond donors (Lipinski definition) is 0. The molecule has 0 aromatic heterocycles. The summed E-state index contributed by atoms with van der Waals surface area (Å²) < 4.78 is 43.9. The Hall–Kier alpha value is -2.40. The Morgan fingerprint density at radius 3 is 2.37 bits per heavy atom. The predicted molar refractivity (Wildman–Crippen MR) is 101 cm³/mol. The van der Waals surface area contributed by atoms with Gasteiger partial charge in [0.25, 0.3) is 0 Å². The van der Waals surface area contributed by atoms with Gasteiger partial charge in [0.05, 0.1) is 26.4 Å². The Labute approximate surface area is 158 Å². The van der Waals surface area contributed by atoms with Crippen molar-refractivity contribution in [1.29, 1.82) is 0 Å². The second-order valence-electron chi connectivity index (χ2n) is 6.64. The van der Waals surface area contributed by atoms with E-state index in [4.69, 9.17) is 14.2 Å². The minimum absolute atomic E-state index is 0.0658. The van der Waals surface area contributed by atoms with E-state index in [1.54, 1.807) is 0 Å². The van der Waals surface area contributed by atoms with Crippen LogP contribution in [-0.2, 0) is 4.74 Å². The SMILES string of the molecule is CC=Cc1ccc(C2CCC(COc3ccc(OC)c(F)c3F)CO2)cc1. The second kappa shape index (κ2) is 9.00. The Balaban J connectivity index is 1.52. The van der Waals surface area contributed by atoms with E-state index >= 15 is 0 Å². The lowest BCUT2D eigenvalue weighted by Crippen LogP contribution is -2.25. The fraction of sp³-hybridized carbons (Fsp3) is 0.364. The summed E-state index contributed by atoms with van der Waals surface area (Å²) in [5.41, 5.74) is 2.32. The van der Waals surface area contributed by atoms with Gasteiger partial charge in [-0.3, -0.25) is 0 Å². The standard InChI is InChI=1S/C22H24F2O3/c1-3-4-15-5-8-17(9-6-15)18-10-7-16(13-26-18)14-27-20-12-11-19(25-2)21(23)22(20)24/h3-6,8-9,11-12,16,18H,7,10,13-14H2,1-2H3. The highest BCUT2D eigenvalue weighted by Gasteiger charge is 2.24. The first kappa shape index (κ1) is 19.4. The normalized spacial score (nSPS) is 20.0. The first-order valence-corrected chi connectivity index (χ1v) is 9.11. The van der Waals surface area contributed by atoms with E-state index < -0.39 is 11.6 Å². The second-order valence-corrected chi connectivity index (χ2v) is 6.64. The average molecular weight is 374 g/mol. The lowest BCUT2D eigenvalue weighted by atomic mass is 9.94. The molecule has 2 aromatic carbocycles. The average Bonchev–Trinajstić information content (AvgIpc) is 2.70. The highest BCUT2D eigenvalue weighted by molar-refractivity contribution is 5.49. The van der Waals surface area contributed by atoms with Crippen molar-refractivity contribution in [3.05, 3.63) is 65.2 Å². The maximum absolute atomic E-state index is 14.0. The lowest BCUT2D eigenvalue weighted by molar-refractivity contribution is -0.0289. The monoisotopic (exact) mass is 374 g/mol. The van der Waals surface area contributed by atoms with E-state index in [0.29, 0.717) is 6.61 Å². The summed E-state index contributed by atoms with van der Waals surface area (Å²) in [4.78, 5) is 0. The van der Waals surface area contributed by atoms with Gasteiger partial charge in [-0.2, -0.15) is 8.78 Å². The van der Waals surface area contributed by atoms with Gasteiger partial charge in [-0.1, -0.05) is 36.4 Å². The largest absolute Gasteiger partial charge is 0.494 e. The van der Waals surface area contributed by atoms with Crippen LogP contribution in [0.5, 0.6) is 11.5 Å². The third kappa shape index (κ3) is 4.66. The number of hydrogen-bond acceptors (Lipinski definition) is 3. The summed E-state index contributed by atoms with van der Waals surface area (Å²) in [5, 5.41) is 0. The van der Waals surface area contributed by atoms with Crippen molar-refractivity contribution < 1.29 is 23.0 Å². The molecule has 1 heterocycles. The summed E-state index contributed by atoms with van der Waals surface area (Å²) in [6, 6.07) is 11.1. The van der Waals surface area contributed by atoms with Gasteiger partial charge in [0.2, 0.25) is 11.6 Å². The fourth-order valence-electron chi connectivity index (χ4n) is 3.21. The summed E-state index contributed by atoms with van der Waals surface area (Å²) in [7, 11) is 1.29. The fourth-order valence-corrected chi connectivity index (χ4v) is 3.21. The molecule has 1 fully saturated rings. The third-order valence-electron chi connectivity index (χ3n) is 4.74. The maximum Gasteiger partial charge on any atom is 0.204 e. The van der Waals surface area contributed by atoms with Crippen LogP contribution in [0.25, 0.3) is 6.08 Å². The van der Waals surface area contributed by atoms with Crippen molar-refractivity contribution >= 4 is 6.08 Å². The van der Waals surface area contributed by atoms with Crippen molar-refractivity contribution in [3.8, 4) is 11.5 Å². The summed E-state index contributed by atoms with van der Waals surface area (Å²) in [5.74, 6) is -2.14. The summed E-state index contributed by atoms with van der Waals surface area (Å²) in [6.45, 7) is 2.81. The van der Waals surface area contributed by atoms with Gasteiger partial charge in [0.1, 0.15) is 0 Å². The molecule has 0 bridgehead atoms. The summed E-state index contributed by atoms with van der Waals surface area (Å²) in [6.07, 6.45) is 5.91. The van der Waals surface area contributed by atoms with Gasteiger partial charge >= 0.3 is 0 Å². The van der Waals surface area contributed by atoms with Gasteiger partial charge in [0.15, 0.2) is 11.5 Å². The van der Waals surface area contributed by atoms with Crippen molar-refractivity contribution in [2.45, 2.75) is 25.9 Å². The molecule has 0 saturated carbocycles. The molecule has 0 N–H and O–H groups in total. The molecule has 5 heteroatoms. The van der Waals surface area contributed by atoms with Crippen LogP contribution in [0.3, 0.4) is 0 Å². The Bertz CT molecular complexity index is 779. The van der Waals surface area contributed by atoms with Gasteiger partial charge in [-0.25, -0.2) is 0 Å². The molecule has 144 valence electrons. The van der Waals surface area contributed by atoms with Crippen LogP contribution in [0.2, 0.25) is 0 Å². The predicted octanol–water partition coefficient (Wildman–Crippen LogP) is 5.55. The molecule has 3 rings (SSSR count). The maximum atomic E-state index is 14.0. The zero-order chi connectivity index (χ0) is 19.2. The van der Waals surface area contributed by atoms with Crippen LogP contribution in [-0.4, -0.2) is 20.3 Å². The number of benzene rings is 2. The molecule has 3 nitrogen and oxygen atoms in total. The van der Waals surface area contributed by atoms with Gasteiger partial charge in [-0.05, 0) is 43.0 Å². The van der Waals surface area contributed by atoms with Crippen LogP contribution >= 0.6 is 0 Å². The molecular weight excluding hydrogens is 350 g/mol. The lowest BCUT2D eigenvalue weighted by Gasteiger charge is -2.29. The Morgan fingerprint density at radius 1 is 1.04 bits per heavy atom. The highest BCUT2D eigenvalue weighted by atomic mass is 19.2. The Kier molecular flexibility index (Phi) is 6.45. The van der Waals surface area contributed by atoms with Crippen molar-refractivity contribution in [2.24, 2.45) is 5.92 Å². The third-order valence-corrected chi connectivity index (χ3v) is 4.74. The molecule has 0 radical (unpaired) electrons. The van der Waals surface area contributed by atoms with E-state index in [1.807, 2.05) is 13.0 Å². The minimum Gasteiger partial charge on any atom is -0.494 e. The quantitative estimate of drug-likeness (QED) is 0.663. The molecule has 2 atom stereocenters. The van der Waals surface area contributed by atoms with Crippen molar-refractivity contribution in [2.75, 3.05) is 20.3 Å². The molecular formula is C22H24F2O3. The first-order valence-electron chi connectivity index (χ1n) is 9.11.